The van der Waals surface area contributed by atoms with Crippen LogP contribution in [0, 0.1) is 13.8 Å². The number of aliphatic carboxylic acids is 1. The van der Waals surface area contributed by atoms with Crippen molar-refractivity contribution in [1.29, 1.82) is 0 Å². The SMILES string of the molecule is Cc1cccc([C@@H](CC(=O)O)NCc2cn[nH]c2)c1C. The summed E-state index contributed by atoms with van der Waals surface area (Å²) in [6, 6.07) is 5.78. The Hall–Kier alpha value is -2.14. The first kappa shape index (κ1) is 14.3. The summed E-state index contributed by atoms with van der Waals surface area (Å²) >= 11 is 0. The Morgan fingerprint density at radius 2 is 2.25 bits per heavy atom. The number of aryl methyl sites for hydroxylation is 1. The van der Waals surface area contributed by atoms with E-state index in [0.717, 1.165) is 16.7 Å². The number of carboxylic acids is 1. The highest BCUT2D eigenvalue weighted by molar-refractivity contribution is 5.68. The molecule has 0 bridgehead atoms. The Bertz CT molecular complexity index is 579. The van der Waals surface area contributed by atoms with Gasteiger partial charge in [0, 0.05) is 24.3 Å². The fourth-order valence-electron chi connectivity index (χ4n) is 2.23. The van der Waals surface area contributed by atoms with Gasteiger partial charge >= 0.3 is 5.97 Å². The van der Waals surface area contributed by atoms with Crippen molar-refractivity contribution in [3.63, 3.8) is 0 Å². The molecular formula is C15H19N3O2. The van der Waals surface area contributed by atoms with E-state index in [1.807, 2.05) is 32.0 Å². The van der Waals surface area contributed by atoms with E-state index < -0.39 is 5.97 Å². The van der Waals surface area contributed by atoms with Gasteiger partial charge in [-0.3, -0.25) is 9.89 Å². The van der Waals surface area contributed by atoms with E-state index in [0.29, 0.717) is 6.54 Å². The Morgan fingerprint density at radius 3 is 2.90 bits per heavy atom. The first-order valence-electron chi connectivity index (χ1n) is 6.57. The molecule has 2 aromatic rings. The molecule has 5 heteroatoms. The fourth-order valence-corrected chi connectivity index (χ4v) is 2.23. The molecule has 0 aliphatic heterocycles. The van der Waals surface area contributed by atoms with E-state index in [1.54, 1.807) is 12.4 Å². The van der Waals surface area contributed by atoms with Crippen LogP contribution >= 0.6 is 0 Å². The maximum atomic E-state index is 11.1. The van der Waals surface area contributed by atoms with Crippen LogP contribution in [0.4, 0.5) is 0 Å². The number of carbonyl (C=O) groups is 1. The lowest BCUT2D eigenvalue weighted by molar-refractivity contribution is -0.137. The second kappa shape index (κ2) is 6.34. The van der Waals surface area contributed by atoms with E-state index in [4.69, 9.17) is 5.11 Å². The van der Waals surface area contributed by atoms with Crippen molar-refractivity contribution in [3.8, 4) is 0 Å². The topological polar surface area (TPSA) is 78.0 Å². The second-order valence-corrected chi connectivity index (χ2v) is 4.93. The van der Waals surface area contributed by atoms with Crippen molar-refractivity contribution in [2.45, 2.75) is 32.9 Å². The molecule has 3 N–H and O–H groups in total. The van der Waals surface area contributed by atoms with Crippen LogP contribution in [0.15, 0.2) is 30.6 Å². The van der Waals surface area contributed by atoms with Crippen molar-refractivity contribution < 1.29 is 9.90 Å². The molecular weight excluding hydrogens is 254 g/mol. The molecule has 5 nitrogen and oxygen atoms in total. The Kier molecular flexibility index (Phi) is 4.53. The summed E-state index contributed by atoms with van der Waals surface area (Å²) < 4.78 is 0. The number of carboxylic acid groups (broad SMARTS) is 1. The summed E-state index contributed by atoms with van der Waals surface area (Å²) in [5, 5.41) is 19.0. The van der Waals surface area contributed by atoms with Gasteiger partial charge in [-0.25, -0.2) is 0 Å². The van der Waals surface area contributed by atoms with Crippen molar-refractivity contribution in [2.75, 3.05) is 0 Å². The van der Waals surface area contributed by atoms with Crippen molar-refractivity contribution in [2.24, 2.45) is 0 Å². The second-order valence-electron chi connectivity index (χ2n) is 4.93. The number of rotatable bonds is 6. The molecule has 0 saturated heterocycles. The lowest BCUT2D eigenvalue weighted by Crippen LogP contribution is -2.24. The highest BCUT2D eigenvalue weighted by Crippen LogP contribution is 2.23. The lowest BCUT2D eigenvalue weighted by atomic mass is 9.95. The molecule has 20 heavy (non-hydrogen) atoms. The minimum Gasteiger partial charge on any atom is -0.481 e. The van der Waals surface area contributed by atoms with Gasteiger partial charge in [-0.15, -0.1) is 0 Å². The van der Waals surface area contributed by atoms with Gasteiger partial charge in [0.15, 0.2) is 0 Å². The summed E-state index contributed by atoms with van der Waals surface area (Å²) in [4.78, 5) is 11.1. The molecule has 2 rings (SSSR count). The molecule has 0 aliphatic rings. The van der Waals surface area contributed by atoms with E-state index in [-0.39, 0.29) is 12.5 Å². The fraction of sp³-hybridized carbons (Fsp3) is 0.333. The van der Waals surface area contributed by atoms with Crippen molar-refractivity contribution in [3.05, 3.63) is 52.8 Å². The Balaban J connectivity index is 2.18. The highest BCUT2D eigenvalue weighted by Gasteiger charge is 2.17. The quantitative estimate of drug-likeness (QED) is 0.755. The molecule has 0 spiro atoms. The molecule has 106 valence electrons. The molecule has 1 aromatic heterocycles. The smallest absolute Gasteiger partial charge is 0.305 e. The van der Waals surface area contributed by atoms with Crippen LogP contribution in [0.3, 0.4) is 0 Å². The average Bonchev–Trinajstić information content (AvgIpc) is 2.91. The molecule has 1 heterocycles. The third-order valence-electron chi connectivity index (χ3n) is 3.51. The minimum atomic E-state index is -0.810. The zero-order chi connectivity index (χ0) is 14.5. The zero-order valence-corrected chi connectivity index (χ0v) is 11.7. The van der Waals surface area contributed by atoms with Crippen LogP contribution in [0.5, 0.6) is 0 Å². The van der Waals surface area contributed by atoms with Gasteiger partial charge in [0.25, 0.3) is 0 Å². The van der Waals surface area contributed by atoms with Gasteiger partial charge in [0.05, 0.1) is 12.6 Å². The van der Waals surface area contributed by atoms with Crippen LogP contribution in [0.1, 0.15) is 34.7 Å². The predicted octanol–water partition coefficient (Wildman–Crippen LogP) is 2.33. The summed E-state index contributed by atoms with van der Waals surface area (Å²) in [5.41, 5.74) is 4.35. The standard InChI is InChI=1S/C15H19N3O2/c1-10-4-3-5-13(11(10)2)14(6-15(19)20)16-7-12-8-17-18-9-12/h3-5,8-9,14,16H,6-7H2,1-2H3,(H,17,18)(H,19,20)/t14-/m1/s1. The molecule has 0 amide bonds. The molecule has 0 radical (unpaired) electrons. The predicted molar refractivity (Wildman–Crippen MR) is 76.3 cm³/mol. The van der Waals surface area contributed by atoms with Crippen molar-refractivity contribution in [1.82, 2.24) is 15.5 Å². The van der Waals surface area contributed by atoms with Gasteiger partial charge < -0.3 is 10.4 Å². The number of aromatic amines is 1. The summed E-state index contributed by atoms with van der Waals surface area (Å²) in [7, 11) is 0. The number of hydrogen-bond donors (Lipinski definition) is 3. The van der Waals surface area contributed by atoms with Gasteiger partial charge in [-0.2, -0.15) is 5.10 Å². The van der Waals surface area contributed by atoms with E-state index in [2.05, 4.69) is 15.5 Å². The van der Waals surface area contributed by atoms with E-state index >= 15 is 0 Å². The minimum absolute atomic E-state index is 0.0577. The van der Waals surface area contributed by atoms with Gasteiger partial charge in [-0.1, -0.05) is 18.2 Å². The summed E-state index contributed by atoms with van der Waals surface area (Å²) in [6.07, 6.45) is 3.59. The van der Waals surface area contributed by atoms with Gasteiger partial charge in [0.2, 0.25) is 0 Å². The Labute approximate surface area is 118 Å². The van der Waals surface area contributed by atoms with Crippen LogP contribution in [-0.2, 0) is 11.3 Å². The van der Waals surface area contributed by atoms with E-state index in [1.165, 1.54) is 5.56 Å². The molecule has 0 unspecified atom stereocenters. The zero-order valence-electron chi connectivity index (χ0n) is 11.7. The largest absolute Gasteiger partial charge is 0.481 e. The maximum Gasteiger partial charge on any atom is 0.305 e. The van der Waals surface area contributed by atoms with Crippen LogP contribution in [-0.4, -0.2) is 21.3 Å². The van der Waals surface area contributed by atoms with Gasteiger partial charge in [-0.05, 0) is 30.5 Å². The summed E-state index contributed by atoms with van der Waals surface area (Å²) in [5.74, 6) is -0.810. The average molecular weight is 273 g/mol. The number of nitrogens with zero attached hydrogens (tertiary/aromatic N) is 1. The maximum absolute atomic E-state index is 11.1. The third-order valence-corrected chi connectivity index (χ3v) is 3.51. The highest BCUT2D eigenvalue weighted by atomic mass is 16.4. The molecule has 0 saturated carbocycles. The first-order valence-corrected chi connectivity index (χ1v) is 6.57. The number of aromatic nitrogens is 2. The molecule has 1 aromatic carbocycles. The monoisotopic (exact) mass is 273 g/mol. The first-order chi connectivity index (χ1) is 9.58. The number of benzene rings is 1. The molecule has 0 aliphatic carbocycles. The molecule has 0 fully saturated rings. The number of hydrogen-bond acceptors (Lipinski definition) is 3. The van der Waals surface area contributed by atoms with Crippen LogP contribution in [0.25, 0.3) is 0 Å². The number of nitrogens with one attached hydrogen (secondary N) is 2. The van der Waals surface area contributed by atoms with Crippen LogP contribution in [0.2, 0.25) is 0 Å². The van der Waals surface area contributed by atoms with Crippen molar-refractivity contribution >= 4 is 5.97 Å². The van der Waals surface area contributed by atoms with Crippen LogP contribution < -0.4 is 5.32 Å². The van der Waals surface area contributed by atoms with E-state index in [9.17, 15) is 4.79 Å². The lowest BCUT2D eigenvalue weighted by Gasteiger charge is -2.20. The number of H-pyrrole nitrogens is 1. The van der Waals surface area contributed by atoms with Gasteiger partial charge in [0.1, 0.15) is 0 Å². The summed E-state index contributed by atoms with van der Waals surface area (Å²) in [6.45, 7) is 4.65. The normalized spacial score (nSPS) is 12.3. The Morgan fingerprint density at radius 1 is 1.45 bits per heavy atom. The third kappa shape index (κ3) is 3.45. The molecule has 1 atom stereocenters.